The summed E-state index contributed by atoms with van der Waals surface area (Å²) >= 11 is 6.55. The van der Waals surface area contributed by atoms with Crippen LogP contribution in [-0.2, 0) is 10.5 Å². The van der Waals surface area contributed by atoms with Crippen LogP contribution in [0.2, 0.25) is 0 Å². The van der Waals surface area contributed by atoms with Crippen molar-refractivity contribution < 1.29 is 4.79 Å². The van der Waals surface area contributed by atoms with Gasteiger partial charge in [-0.1, -0.05) is 45.9 Å². The Labute approximate surface area is 185 Å². The number of rotatable bonds is 6. The Balaban J connectivity index is 1.50. The average molecular weight is 485 g/mol. The first-order valence-electron chi connectivity index (χ1n) is 8.84. The van der Waals surface area contributed by atoms with Crippen molar-refractivity contribution in [1.82, 2.24) is 14.5 Å². The van der Waals surface area contributed by atoms with Crippen LogP contribution in [0.1, 0.15) is 12.6 Å². The first-order chi connectivity index (χ1) is 14.1. The van der Waals surface area contributed by atoms with E-state index >= 15 is 0 Å². The number of anilines is 2. The van der Waals surface area contributed by atoms with Crippen molar-refractivity contribution in [3.8, 4) is 5.69 Å². The van der Waals surface area contributed by atoms with Crippen LogP contribution in [0.3, 0.4) is 0 Å². The molecule has 29 heavy (non-hydrogen) atoms. The van der Waals surface area contributed by atoms with E-state index in [1.807, 2.05) is 66.2 Å². The lowest BCUT2D eigenvalue weighted by molar-refractivity contribution is -0.115. The smallest absolute Gasteiger partial charge is 0.230 e. The molecule has 0 aliphatic heterocycles. The van der Waals surface area contributed by atoms with E-state index in [0.717, 1.165) is 26.7 Å². The van der Waals surface area contributed by atoms with Gasteiger partial charge in [-0.2, -0.15) is 0 Å². The molecular formula is C21H17BrN4OS2. The van der Waals surface area contributed by atoms with Gasteiger partial charge >= 0.3 is 0 Å². The highest BCUT2D eigenvalue weighted by atomic mass is 79.9. The number of hydrogen-bond donors (Lipinski definition) is 0. The van der Waals surface area contributed by atoms with Crippen LogP contribution in [-0.4, -0.2) is 20.4 Å². The Kier molecular flexibility index (Phi) is 6.13. The Morgan fingerprint density at radius 2 is 1.93 bits per heavy atom. The fourth-order valence-corrected chi connectivity index (χ4v) is 4.92. The van der Waals surface area contributed by atoms with E-state index in [4.69, 9.17) is 0 Å². The number of thiazole rings is 1. The summed E-state index contributed by atoms with van der Waals surface area (Å²) < 4.78 is 3.09. The van der Waals surface area contributed by atoms with Crippen molar-refractivity contribution >= 4 is 55.8 Å². The Morgan fingerprint density at radius 3 is 2.66 bits per heavy atom. The van der Waals surface area contributed by atoms with Gasteiger partial charge in [-0.3, -0.25) is 14.3 Å². The van der Waals surface area contributed by atoms with Gasteiger partial charge in [0.1, 0.15) is 0 Å². The standard InChI is InChI=1S/C21H17BrN4OS2/c1-15(27)26(19-5-3-2-4-6-19)21-24-17(14-29-21)13-28-20-23-11-12-25(20)18-9-7-16(22)8-10-18/h2-12,14H,13H2,1H3. The largest absolute Gasteiger partial charge is 0.295 e. The minimum absolute atomic E-state index is 0.0597. The Bertz CT molecular complexity index is 1110. The van der Waals surface area contributed by atoms with Crippen molar-refractivity contribution in [2.75, 3.05) is 4.90 Å². The van der Waals surface area contributed by atoms with Gasteiger partial charge in [-0.15, -0.1) is 11.3 Å². The normalized spacial score (nSPS) is 10.8. The van der Waals surface area contributed by atoms with Crippen LogP contribution in [0.4, 0.5) is 10.8 Å². The highest BCUT2D eigenvalue weighted by Crippen LogP contribution is 2.31. The van der Waals surface area contributed by atoms with Gasteiger partial charge in [0.25, 0.3) is 0 Å². The average Bonchev–Trinajstić information content (AvgIpc) is 3.37. The van der Waals surface area contributed by atoms with Crippen molar-refractivity contribution in [3.63, 3.8) is 0 Å². The first-order valence-corrected chi connectivity index (χ1v) is 11.5. The second-order valence-corrected chi connectivity index (χ2v) is 8.85. The number of halogens is 1. The third kappa shape index (κ3) is 4.60. The monoisotopic (exact) mass is 484 g/mol. The third-order valence-electron chi connectivity index (χ3n) is 4.12. The van der Waals surface area contributed by atoms with Gasteiger partial charge in [0, 0.05) is 40.6 Å². The summed E-state index contributed by atoms with van der Waals surface area (Å²) in [5, 5.41) is 3.57. The molecule has 0 bridgehead atoms. The summed E-state index contributed by atoms with van der Waals surface area (Å²) in [5.74, 6) is 0.612. The number of benzene rings is 2. The van der Waals surface area contributed by atoms with Crippen LogP contribution < -0.4 is 4.90 Å². The van der Waals surface area contributed by atoms with E-state index in [1.54, 1.807) is 29.8 Å². The van der Waals surface area contributed by atoms with Crippen molar-refractivity contribution in [2.24, 2.45) is 0 Å². The maximum Gasteiger partial charge on any atom is 0.230 e. The number of para-hydroxylation sites is 1. The van der Waals surface area contributed by atoms with E-state index in [1.165, 1.54) is 11.3 Å². The molecule has 0 fully saturated rings. The van der Waals surface area contributed by atoms with E-state index in [9.17, 15) is 4.79 Å². The highest BCUT2D eigenvalue weighted by Gasteiger charge is 2.18. The minimum atomic E-state index is -0.0597. The van der Waals surface area contributed by atoms with E-state index in [-0.39, 0.29) is 5.91 Å². The minimum Gasteiger partial charge on any atom is -0.295 e. The van der Waals surface area contributed by atoms with Crippen molar-refractivity contribution in [2.45, 2.75) is 17.8 Å². The summed E-state index contributed by atoms with van der Waals surface area (Å²) in [4.78, 5) is 23.0. The molecule has 0 radical (unpaired) electrons. The predicted octanol–water partition coefficient (Wildman–Crippen LogP) is 6.07. The zero-order valence-electron chi connectivity index (χ0n) is 15.5. The fraction of sp³-hybridized carbons (Fsp3) is 0.0952. The molecule has 0 spiro atoms. The zero-order valence-corrected chi connectivity index (χ0v) is 18.7. The Morgan fingerprint density at radius 1 is 1.17 bits per heavy atom. The second-order valence-electron chi connectivity index (χ2n) is 6.16. The van der Waals surface area contributed by atoms with Gasteiger partial charge in [0.2, 0.25) is 5.91 Å². The molecule has 8 heteroatoms. The zero-order chi connectivity index (χ0) is 20.2. The number of nitrogens with zero attached hydrogens (tertiary/aromatic N) is 4. The quantitative estimate of drug-likeness (QED) is 0.311. The lowest BCUT2D eigenvalue weighted by atomic mass is 10.3. The van der Waals surface area contributed by atoms with Gasteiger partial charge in [0.15, 0.2) is 10.3 Å². The highest BCUT2D eigenvalue weighted by molar-refractivity contribution is 9.10. The molecule has 2 aromatic carbocycles. The number of thioether (sulfide) groups is 1. The summed E-state index contributed by atoms with van der Waals surface area (Å²) in [6.45, 7) is 1.55. The SMILES string of the molecule is CC(=O)N(c1ccccc1)c1nc(CSc2nccn2-c2ccc(Br)cc2)cs1. The molecule has 1 amide bonds. The summed E-state index contributed by atoms with van der Waals surface area (Å²) in [6, 6.07) is 17.7. The van der Waals surface area contributed by atoms with Crippen molar-refractivity contribution in [3.05, 3.63) is 82.5 Å². The molecule has 0 atom stereocenters. The number of carbonyl (C=O) groups excluding carboxylic acids is 1. The molecule has 0 unspecified atom stereocenters. The fourth-order valence-electron chi connectivity index (χ4n) is 2.80. The molecule has 5 nitrogen and oxygen atoms in total. The van der Waals surface area contributed by atoms with Crippen LogP contribution in [0.5, 0.6) is 0 Å². The number of carbonyl (C=O) groups is 1. The van der Waals surface area contributed by atoms with Crippen LogP contribution in [0.25, 0.3) is 5.69 Å². The molecule has 4 aromatic rings. The van der Waals surface area contributed by atoms with Gasteiger partial charge in [0.05, 0.1) is 11.4 Å². The van der Waals surface area contributed by atoms with Crippen LogP contribution >= 0.6 is 39.0 Å². The first kappa shape index (κ1) is 19.9. The molecule has 2 heterocycles. The predicted molar refractivity (Wildman–Crippen MR) is 122 cm³/mol. The molecule has 0 aliphatic carbocycles. The van der Waals surface area contributed by atoms with Gasteiger partial charge in [-0.25, -0.2) is 9.97 Å². The maximum atomic E-state index is 12.2. The maximum absolute atomic E-state index is 12.2. The number of hydrogen-bond acceptors (Lipinski definition) is 5. The van der Waals surface area contributed by atoms with Crippen LogP contribution in [0.15, 0.2) is 82.0 Å². The summed E-state index contributed by atoms with van der Waals surface area (Å²) in [7, 11) is 0. The Hall–Kier alpha value is -2.42. The molecule has 146 valence electrons. The van der Waals surface area contributed by atoms with E-state index < -0.39 is 0 Å². The molecule has 0 aliphatic rings. The number of amides is 1. The van der Waals surface area contributed by atoms with Crippen molar-refractivity contribution in [1.29, 1.82) is 0 Å². The molecule has 0 N–H and O–H groups in total. The van der Waals surface area contributed by atoms with Crippen LogP contribution in [0, 0.1) is 0 Å². The number of imidazole rings is 1. The topological polar surface area (TPSA) is 51.0 Å². The second kappa shape index (κ2) is 8.94. The van der Waals surface area contributed by atoms with E-state index in [0.29, 0.717) is 10.9 Å². The van der Waals surface area contributed by atoms with Gasteiger partial charge < -0.3 is 0 Å². The van der Waals surface area contributed by atoms with E-state index in [2.05, 4.69) is 30.5 Å². The number of aromatic nitrogens is 3. The third-order valence-corrected chi connectivity index (χ3v) is 6.52. The molecule has 4 rings (SSSR count). The summed E-state index contributed by atoms with van der Waals surface area (Å²) in [5.41, 5.74) is 2.79. The summed E-state index contributed by atoms with van der Waals surface area (Å²) in [6.07, 6.45) is 3.74. The molecule has 0 saturated carbocycles. The van der Waals surface area contributed by atoms with Gasteiger partial charge in [-0.05, 0) is 36.4 Å². The molecule has 2 aromatic heterocycles. The molecule has 0 saturated heterocycles. The lowest BCUT2D eigenvalue weighted by Gasteiger charge is -2.17. The lowest BCUT2D eigenvalue weighted by Crippen LogP contribution is -2.22. The molecular weight excluding hydrogens is 468 g/mol.